The van der Waals surface area contributed by atoms with Gasteiger partial charge in [-0.25, -0.2) is 0 Å². The molecule has 1 fully saturated rings. The molecule has 9 heteroatoms. The van der Waals surface area contributed by atoms with E-state index in [0.29, 0.717) is 27.3 Å². The van der Waals surface area contributed by atoms with Crippen LogP contribution in [0.3, 0.4) is 0 Å². The number of rotatable bonds is 8. The van der Waals surface area contributed by atoms with E-state index in [4.69, 9.17) is 12.2 Å². The molecule has 1 aromatic heterocycles. The van der Waals surface area contributed by atoms with Gasteiger partial charge < -0.3 is 5.32 Å². The van der Waals surface area contributed by atoms with Crippen LogP contribution in [0.2, 0.25) is 0 Å². The van der Waals surface area contributed by atoms with E-state index in [1.807, 2.05) is 25.1 Å². The highest BCUT2D eigenvalue weighted by atomic mass is 32.2. The van der Waals surface area contributed by atoms with Gasteiger partial charge in [0, 0.05) is 13.0 Å². The van der Waals surface area contributed by atoms with Crippen molar-refractivity contribution in [2.75, 3.05) is 11.9 Å². The van der Waals surface area contributed by atoms with Crippen LogP contribution >= 0.6 is 35.3 Å². The fraction of sp³-hybridized carbons (Fsp3) is 0.350. The van der Waals surface area contributed by atoms with E-state index < -0.39 is 0 Å². The van der Waals surface area contributed by atoms with E-state index in [0.717, 1.165) is 23.4 Å². The van der Waals surface area contributed by atoms with Crippen LogP contribution in [0, 0.1) is 0 Å². The molecule has 0 unspecified atom stereocenters. The first-order valence-electron chi connectivity index (χ1n) is 9.46. The average molecular weight is 447 g/mol. The molecule has 0 bridgehead atoms. The highest BCUT2D eigenvalue weighted by Crippen LogP contribution is 2.32. The molecule has 1 saturated heterocycles. The summed E-state index contributed by atoms with van der Waals surface area (Å²) in [7, 11) is 0. The zero-order valence-electron chi connectivity index (χ0n) is 16.3. The molecule has 0 radical (unpaired) electrons. The topological polar surface area (TPSA) is 75.2 Å². The number of anilines is 1. The lowest BCUT2D eigenvalue weighted by Crippen LogP contribution is -2.29. The molecular formula is C20H22N4O2S3. The van der Waals surface area contributed by atoms with Crippen LogP contribution in [-0.4, -0.2) is 37.8 Å². The lowest BCUT2D eigenvalue weighted by Gasteiger charge is -2.13. The van der Waals surface area contributed by atoms with Crippen LogP contribution in [0.15, 0.2) is 29.2 Å². The van der Waals surface area contributed by atoms with Gasteiger partial charge in [0.05, 0.1) is 4.91 Å². The second kappa shape index (κ2) is 10.1. The number of nitrogens with zero attached hydrogens (tertiary/aromatic N) is 3. The molecule has 2 aromatic rings. The third kappa shape index (κ3) is 5.71. The fourth-order valence-corrected chi connectivity index (χ4v) is 4.72. The maximum Gasteiger partial charge on any atom is 0.266 e. The maximum absolute atomic E-state index is 12.7. The van der Waals surface area contributed by atoms with Gasteiger partial charge in [0.1, 0.15) is 9.33 Å². The zero-order chi connectivity index (χ0) is 20.8. The first kappa shape index (κ1) is 21.6. The molecule has 1 aliphatic heterocycles. The molecule has 0 spiro atoms. The quantitative estimate of drug-likeness (QED) is 0.482. The number of nitrogens with one attached hydrogen (secondary N) is 1. The summed E-state index contributed by atoms with van der Waals surface area (Å²) < 4.78 is 0.531. The largest absolute Gasteiger partial charge is 0.301 e. The van der Waals surface area contributed by atoms with Gasteiger partial charge in [0.15, 0.2) is 0 Å². The Kier molecular flexibility index (Phi) is 7.51. The summed E-state index contributed by atoms with van der Waals surface area (Å²) in [5.41, 5.74) is 2.23. The summed E-state index contributed by atoms with van der Waals surface area (Å²) in [6.07, 6.45) is 4.45. The molecule has 2 amide bonds. The standard InChI is InChI=1S/C20H22N4O2S3/c1-3-13-7-9-14(10-8-13)12-15-18(26)24(20(27)28-15)11-5-6-16(25)21-19-23-22-17(4-2)29-19/h7-10,12H,3-6,11H2,1-2H3,(H,21,23,25)/b15-12+. The van der Waals surface area contributed by atoms with E-state index in [1.165, 1.54) is 28.7 Å². The number of amides is 2. The number of hydrogen-bond acceptors (Lipinski definition) is 7. The summed E-state index contributed by atoms with van der Waals surface area (Å²) >= 11 is 8.04. The Morgan fingerprint density at radius 3 is 2.62 bits per heavy atom. The van der Waals surface area contributed by atoms with Crippen LogP contribution in [0.5, 0.6) is 0 Å². The molecule has 1 aromatic carbocycles. The minimum Gasteiger partial charge on any atom is -0.301 e. The van der Waals surface area contributed by atoms with Gasteiger partial charge >= 0.3 is 0 Å². The van der Waals surface area contributed by atoms with E-state index in [1.54, 1.807) is 4.90 Å². The van der Waals surface area contributed by atoms with Crippen LogP contribution < -0.4 is 5.32 Å². The molecule has 0 aliphatic carbocycles. The van der Waals surface area contributed by atoms with E-state index >= 15 is 0 Å². The van der Waals surface area contributed by atoms with E-state index in [-0.39, 0.29) is 18.2 Å². The molecule has 2 heterocycles. The van der Waals surface area contributed by atoms with Crippen LogP contribution in [0.1, 0.15) is 42.8 Å². The van der Waals surface area contributed by atoms with Crippen molar-refractivity contribution in [3.63, 3.8) is 0 Å². The van der Waals surface area contributed by atoms with Crippen molar-refractivity contribution < 1.29 is 9.59 Å². The van der Waals surface area contributed by atoms with Gasteiger partial charge in [-0.2, -0.15) is 0 Å². The Balaban J connectivity index is 1.51. The Labute approximate surface area is 183 Å². The Morgan fingerprint density at radius 2 is 1.97 bits per heavy atom. The predicted octanol–water partition coefficient (Wildman–Crippen LogP) is 4.28. The van der Waals surface area contributed by atoms with Crippen LogP contribution in [0.4, 0.5) is 5.13 Å². The fourth-order valence-electron chi connectivity index (χ4n) is 2.72. The molecule has 152 valence electrons. The molecule has 1 N–H and O–H groups in total. The minimum atomic E-state index is -0.138. The van der Waals surface area contributed by atoms with E-state index in [2.05, 4.69) is 34.6 Å². The average Bonchev–Trinajstić information content (AvgIpc) is 3.27. The molecular weight excluding hydrogens is 424 g/mol. The first-order chi connectivity index (χ1) is 14.0. The Hall–Kier alpha value is -2.10. The Bertz CT molecular complexity index is 937. The van der Waals surface area contributed by atoms with Crippen molar-refractivity contribution in [2.45, 2.75) is 39.5 Å². The van der Waals surface area contributed by atoms with Crippen molar-refractivity contribution >= 4 is 62.7 Å². The number of aromatic nitrogens is 2. The first-order valence-corrected chi connectivity index (χ1v) is 11.5. The number of benzene rings is 1. The maximum atomic E-state index is 12.7. The second-order valence-corrected chi connectivity index (χ2v) is 9.17. The monoisotopic (exact) mass is 446 g/mol. The van der Waals surface area contributed by atoms with Crippen molar-refractivity contribution in [2.24, 2.45) is 0 Å². The van der Waals surface area contributed by atoms with Gasteiger partial charge in [-0.15, -0.1) is 10.2 Å². The van der Waals surface area contributed by atoms with Crippen molar-refractivity contribution in [3.05, 3.63) is 45.3 Å². The van der Waals surface area contributed by atoms with Crippen molar-refractivity contribution in [1.29, 1.82) is 0 Å². The third-order valence-electron chi connectivity index (χ3n) is 4.36. The number of thiocarbonyl (C=S) groups is 1. The molecule has 0 atom stereocenters. The smallest absolute Gasteiger partial charge is 0.266 e. The highest BCUT2D eigenvalue weighted by Gasteiger charge is 2.31. The predicted molar refractivity (Wildman–Crippen MR) is 123 cm³/mol. The van der Waals surface area contributed by atoms with Crippen molar-refractivity contribution in [3.8, 4) is 0 Å². The second-order valence-electron chi connectivity index (χ2n) is 6.43. The summed E-state index contributed by atoms with van der Waals surface area (Å²) in [5.74, 6) is -0.238. The number of aryl methyl sites for hydroxylation is 2. The normalized spacial score (nSPS) is 15.4. The lowest BCUT2D eigenvalue weighted by molar-refractivity contribution is -0.122. The van der Waals surface area contributed by atoms with Crippen LogP contribution in [0.25, 0.3) is 6.08 Å². The van der Waals surface area contributed by atoms with Crippen molar-refractivity contribution in [1.82, 2.24) is 15.1 Å². The third-order valence-corrected chi connectivity index (χ3v) is 6.72. The number of carbonyl (C=O) groups is 2. The molecule has 29 heavy (non-hydrogen) atoms. The van der Waals surface area contributed by atoms with Gasteiger partial charge in [0.2, 0.25) is 11.0 Å². The summed E-state index contributed by atoms with van der Waals surface area (Å²) in [5, 5.41) is 12.1. The lowest BCUT2D eigenvalue weighted by atomic mass is 10.1. The van der Waals surface area contributed by atoms with E-state index in [9.17, 15) is 9.59 Å². The number of thioether (sulfide) groups is 1. The highest BCUT2D eigenvalue weighted by molar-refractivity contribution is 8.26. The van der Waals surface area contributed by atoms with Gasteiger partial charge in [-0.05, 0) is 36.5 Å². The summed E-state index contributed by atoms with van der Waals surface area (Å²) in [6.45, 7) is 4.51. The van der Waals surface area contributed by atoms with Gasteiger partial charge in [0.25, 0.3) is 5.91 Å². The van der Waals surface area contributed by atoms with Gasteiger partial charge in [-0.1, -0.05) is 73.4 Å². The number of hydrogen-bond donors (Lipinski definition) is 1. The summed E-state index contributed by atoms with van der Waals surface area (Å²) in [6, 6.07) is 8.14. The number of carbonyl (C=O) groups excluding carboxylic acids is 2. The van der Waals surface area contributed by atoms with Gasteiger partial charge in [-0.3, -0.25) is 14.5 Å². The molecule has 3 rings (SSSR count). The van der Waals surface area contributed by atoms with Crippen LogP contribution in [-0.2, 0) is 22.4 Å². The molecule has 6 nitrogen and oxygen atoms in total. The summed E-state index contributed by atoms with van der Waals surface area (Å²) in [4.78, 5) is 26.9. The SMILES string of the molecule is CCc1ccc(/C=C2/SC(=S)N(CCCC(=O)Nc3nnc(CC)s3)C2=O)cc1. The molecule has 1 aliphatic rings. The zero-order valence-corrected chi connectivity index (χ0v) is 18.8. The minimum absolute atomic E-state index is 0.100. The molecule has 0 saturated carbocycles. The Morgan fingerprint density at radius 1 is 1.21 bits per heavy atom.